The van der Waals surface area contributed by atoms with E-state index in [0.29, 0.717) is 6.61 Å². The highest BCUT2D eigenvalue weighted by atomic mass is 16.5. The summed E-state index contributed by atoms with van der Waals surface area (Å²) >= 11 is 0. The van der Waals surface area contributed by atoms with E-state index in [1.165, 1.54) is 19.2 Å². The molecule has 1 rings (SSSR count). The van der Waals surface area contributed by atoms with Gasteiger partial charge in [0.15, 0.2) is 6.10 Å². The number of esters is 1. The third-order valence-corrected chi connectivity index (χ3v) is 1.96. The standard InChI is InChI=1S/C11H14N2O4/c1-3-16-10-8(5-4-6-13-10)11(15)17-7(2)9(12)14/h4-7H,3H2,1-2H3,(H2,12,14). The average molecular weight is 238 g/mol. The lowest BCUT2D eigenvalue weighted by atomic mass is 10.2. The Morgan fingerprint density at radius 1 is 1.53 bits per heavy atom. The number of primary amides is 1. The number of aromatic nitrogens is 1. The van der Waals surface area contributed by atoms with Gasteiger partial charge in [0.1, 0.15) is 5.56 Å². The maximum atomic E-state index is 11.7. The van der Waals surface area contributed by atoms with Gasteiger partial charge in [-0.15, -0.1) is 0 Å². The summed E-state index contributed by atoms with van der Waals surface area (Å²) in [5.74, 6) is -1.22. The van der Waals surface area contributed by atoms with Crippen LogP contribution in [0.3, 0.4) is 0 Å². The van der Waals surface area contributed by atoms with E-state index in [0.717, 1.165) is 0 Å². The van der Waals surface area contributed by atoms with Gasteiger partial charge in [-0.1, -0.05) is 0 Å². The van der Waals surface area contributed by atoms with Crippen LogP contribution in [0.25, 0.3) is 0 Å². The zero-order valence-corrected chi connectivity index (χ0v) is 9.67. The Morgan fingerprint density at radius 3 is 2.82 bits per heavy atom. The highest BCUT2D eigenvalue weighted by Crippen LogP contribution is 2.16. The SMILES string of the molecule is CCOc1ncccc1C(=O)OC(C)C(N)=O. The Labute approximate surface area is 98.7 Å². The van der Waals surface area contributed by atoms with E-state index in [9.17, 15) is 9.59 Å². The first-order valence-electron chi connectivity index (χ1n) is 5.14. The summed E-state index contributed by atoms with van der Waals surface area (Å²) < 4.78 is 10.0. The predicted octanol–water partition coefficient (Wildman–Crippen LogP) is 0.511. The van der Waals surface area contributed by atoms with Gasteiger partial charge >= 0.3 is 5.97 Å². The molecule has 1 unspecified atom stereocenters. The van der Waals surface area contributed by atoms with Crippen molar-refractivity contribution in [1.82, 2.24) is 4.98 Å². The zero-order valence-electron chi connectivity index (χ0n) is 9.67. The maximum Gasteiger partial charge on any atom is 0.344 e. The summed E-state index contributed by atoms with van der Waals surface area (Å²) in [6, 6.07) is 3.09. The van der Waals surface area contributed by atoms with E-state index in [1.807, 2.05) is 0 Å². The normalized spacial score (nSPS) is 11.6. The minimum Gasteiger partial charge on any atom is -0.477 e. The van der Waals surface area contributed by atoms with Crippen molar-refractivity contribution in [2.45, 2.75) is 20.0 Å². The van der Waals surface area contributed by atoms with Gasteiger partial charge in [0.25, 0.3) is 5.91 Å². The molecule has 0 aliphatic heterocycles. The summed E-state index contributed by atoms with van der Waals surface area (Å²) in [5, 5.41) is 0. The van der Waals surface area contributed by atoms with Crippen LogP contribution in [0, 0.1) is 0 Å². The Hall–Kier alpha value is -2.11. The van der Waals surface area contributed by atoms with Gasteiger partial charge in [0.05, 0.1) is 6.61 Å². The second kappa shape index (κ2) is 5.83. The highest BCUT2D eigenvalue weighted by molar-refractivity contribution is 5.93. The summed E-state index contributed by atoms with van der Waals surface area (Å²) in [5.41, 5.74) is 5.16. The van der Waals surface area contributed by atoms with E-state index in [2.05, 4.69) is 4.98 Å². The second-order valence-electron chi connectivity index (χ2n) is 3.24. The van der Waals surface area contributed by atoms with Crippen molar-refractivity contribution in [1.29, 1.82) is 0 Å². The molecule has 1 aromatic rings. The lowest BCUT2D eigenvalue weighted by molar-refractivity contribution is -0.125. The van der Waals surface area contributed by atoms with Gasteiger partial charge in [-0.05, 0) is 26.0 Å². The van der Waals surface area contributed by atoms with Crippen LogP contribution < -0.4 is 10.5 Å². The molecular weight excluding hydrogens is 224 g/mol. The largest absolute Gasteiger partial charge is 0.477 e. The molecule has 0 spiro atoms. The summed E-state index contributed by atoms with van der Waals surface area (Å²) in [4.78, 5) is 26.4. The van der Waals surface area contributed by atoms with Crippen molar-refractivity contribution in [3.8, 4) is 5.88 Å². The fraction of sp³-hybridized carbons (Fsp3) is 0.364. The summed E-state index contributed by atoms with van der Waals surface area (Å²) in [6.45, 7) is 3.55. The van der Waals surface area contributed by atoms with Crippen LogP contribution in [-0.2, 0) is 9.53 Å². The van der Waals surface area contributed by atoms with Gasteiger partial charge in [0, 0.05) is 6.20 Å². The molecule has 92 valence electrons. The van der Waals surface area contributed by atoms with Crippen LogP contribution in [0.15, 0.2) is 18.3 Å². The van der Waals surface area contributed by atoms with Crippen molar-refractivity contribution in [2.75, 3.05) is 6.61 Å². The van der Waals surface area contributed by atoms with Gasteiger partial charge in [0.2, 0.25) is 5.88 Å². The van der Waals surface area contributed by atoms with Crippen molar-refractivity contribution < 1.29 is 19.1 Å². The minimum atomic E-state index is -0.989. The summed E-state index contributed by atoms with van der Waals surface area (Å²) in [7, 11) is 0. The van der Waals surface area contributed by atoms with Crippen LogP contribution in [-0.4, -0.2) is 29.6 Å². The molecular formula is C11H14N2O4. The fourth-order valence-corrected chi connectivity index (χ4v) is 1.08. The molecule has 0 bridgehead atoms. The van der Waals surface area contributed by atoms with Crippen LogP contribution in [0.1, 0.15) is 24.2 Å². The number of hydrogen-bond donors (Lipinski definition) is 1. The first-order valence-corrected chi connectivity index (χ1v) is 5.14. The van der Waals surface area contributed by atoms with Crippen molar-refractivity contribution in [3.63, 3.8) is 0 Å². The molecule has 0 radical (unpaired) electrons. The number of nitrogens with two attached hydrogens (primary N) is 1. The molecule has 6 heteroatoms. The number of pyridine rings is 1. The van der Waals surface area contributed by atoms with Gasteiger partial charge in [-0.3, -0.25) is 4.79 Å². The third kappa shape index (κ3) is 3.44. The van der Waals surface area contributed by atoms with Crippen LogP contribution in [0.4, 0.5) is 0 Å². The van der Waals surface area contributed by atoms with Gasteiger partial charge < -0.3 is 15.2 Å². The van der Waals surface area contributed by atoms with E-state index < -0.39 is 18.0 Å². The van der Waals surface area contributed by atoms with Gasteiger partial charge in [-0.2, -0.15) is 0 Å². The maximum absolute atomic E-state index is 11.7. The van der Waals surface area contributed by atoms with Crippen LogP contribution in [0.5, 0.6) is 5.88 Å². The van der Waals surface area contributed by atoms with E-state index >= 15 is 0 Å². The first-order chi connectivity index (χ1) is 8.06. The van der Waals surface area contributed by atoms with Crippen molar-refractivity contribution >= 4 is 11.9 Å². The molecule has 0 aliphatic rings. The monoisotopic (exact) mass is 238 g/mol. The Morgan fingerprint density at radius 2 is 2.24 bits per heavy atom. The molecule has 0 saturated carbocycles. The van der Waals surface area contributed by atoms with Crippen molar-refractivity contribution in [3.05, 3.63) is 23.9 Å². The quantitative estimate of drug-likeness (QED) is 0.754. The molecule has 0 fully saturated rings. The minimum absolute atomic E-state index is 0.169. The third-order valence-electron chi connectivity index (χ3n) is 1.96. The second-order valence-corrected chi connectivity index (χ2v) is 3.24. The number of carbonyl (C=O) groups excluding carboxylic acids is 2. The van der Waals surface area contributed by atoms with Crippen molar-refractivity contribution in [2.24, 2.45) is 5.73 Å². The van der Waals surface area contributed by atoms with Crippen LogP contribution >= 0.6 is 0 Å². The van der Waals surface area contributed by atoms with Gasteiger partial charge in [-0.25, -0.2) is 9.78 Å². The number of ether oxygens (including phenoxy) is 2. The lowest BCUT2D eigenvalue weighted by Crippen LogP contribution is -2.30. The Bertz CT molecular complexity index is 420. The zero-order chi connectivity index (χ0) is 12.8. The molecule has 17 heavy (non-hydrogen) atoms. The number of hydrogen-bond acceptors (Lipinski definition) is 5. The first kappa shape index (κ1) is 13.0. The van der Waals surface area contributed by atoms with E-state index in [1.54, 1.807) is 13.0 Å². The summed E-state index contributed by atoms with van der Waals surface area (Å²) in [6.07, 6.45) is 0.511. The average Bonchev–Trinajstić information content (AvgIpc) is 2.29. The molecule has 1 atom stereocenters. The predicted molar refractivity (Wildman–Crippen MR) is 59.5 cm³/mol. The topological polar surface area (TPSA) is 91.5 Å². The molecule has 1 heterocycles. The van der Waals surface area contributed by atoms with Crippen LogP contribution in [0.2, 0.25) is 0 Å². The lowest BCUT2D eigenvalue weighted by Gasteiger charge is -2.11. The molecule has 2 N–H and O–H groups in total. The van der Waals surface area contributed by atoms with E-state index in [4.69, 9.17) is 15.2 Å². The molecule has 6 nitrogen and oxygen atoms in total. The number of rotatable bonds is 5. The Balaban J connectivity index is 2.84. The smallest absolute Gasteiger partial charge is 0.344 e. The molecule has 0 aliphatic carbocycles. The highest BCUT2D eigenvalue weighted by Gasteiger charge is 2.19. The molecule has 0 saturated heterocycles. The molecule has 1 aromatic heterocycles. The molecule has 0 aromatic carbocycles. The molecule has 1 amide bonds. The number of carbonyl (C=O) groups is 2. The fourth-order valence-electron chi connectivity index (χ4n) is 1.08. The number of nitrogens with zero attached hydrogens (tertiary/aromatic N) is 1. The number of amides is 1. The van der Waals surface area contributed by atoms with E-state index in [-0.39, 0.29) is 11.4 Å². The Kier molecular flexibility index (Phi) is 4.45.